The molecule has 1 aromatic carbocycles. The largest absolute Gasteiger partial charge is 0.474 e. The molecule has 2 aromatic rings. The van der Waals surface area contributed by atoms with E-state index in [2.05, 4.69) is 34.6 Å². The SMILES string of the molecule is O=C(NCC(=O)N1CCC(Cc2ccccc2)CC1)c1ccnc(OC2CCC2)c1. The van der Waals surface area contributed by atoms with Gasteiger partial charge in [-0.05, 0) is 56.1 Å². The molecule has 1 aliphatic carbocycles. The van der Waals surface area contributed by atoms with Gasteiger partial charge < -0.3 is 15.0 Å². The van der Waals surface area contributed by atoms with E-state index in [1.54, 1.807) is 18.3 Å². The van der Waals surface area contributed by atoms with Crippen LogP contribution in [-0.4, -0.2) is 47.4 Å². The summed E-state index contributed by atoms with van der Waals surface area (Å²) in [7, 11) is 0. The molecule has 1 saturated carbocycles. The summed E-state index contributed by atoms with van der Waals surface area (Å²) in [6.45, 7) is 1.52. The maximum atomic E-state index is 12.5. The van der Waals surface area contributed by atoms with Crippen LogP contribution in [0.2, 0.25) is 0 Å². The highest BCUT2D eigenvalue weighted by Crippen LogP contribution is 2.24. The average Bonchev–Trinajstić information content (AvgIpc) is 2.76. The number of aromatic nitrogens is 1. The van der Waals surface area contributed by atoms with Crippen molar-refractivity contribution < 1.29 is 14.3 Å². The molecule has 1 saturated heterocycles. The van der Waals surface area contributed by atoms with Crippen LogP contribution in [0.5, 0.6) is 5.88 Å². The summed E-state index contributed by atoms with van der Waals surface area (Å²) < 4.78 is 5.75. The maximum Gasteiger partial charge on any atom is 0.251 e. The highest BCUT2D eigenvalue weighted by Gasteiger charge is 2.24. The summed E-state index contributed by atoms with van der Waals surface area (Å²) in [4.78, 5) is 31.0. The van der Waals surface area contributed by atoms with Crippen molar-refractivity contribution in [3.05, 3.63) is 59.8 Å². The summed E-state index contributed by atoms with van der Waals surface area (Å²) in [6.07, 6.45) is 8.10. The molecular formula is C24H29N3O3. The van der Waals surface area contributed by atoms with Gasteiger partial charge in [-0.1, -0.05) is 30.3 Å². The van der Waals surface area contributed by atoms with Crippen LogP contribution in [0.15, 0.2) is 48.7 Å². The van der Waals surface area contributed by atoms with Gasteiger partial charge in [-0.25, -0.2) is 4.98 Å². The van der Waals surface area contributed by atoms with Crippen molar-refractivity contribution in [1.82, 2.24) is 15.2 Å². The lowest BCUT2D eigenvalue weighted by molar-refractivity contribution is -0.131. The van der Waals surface area contributed by atoms with Gasteiger partial charge in [0.2, 0.25) is 11.8 Å². The second-order valence-corrected chi connectivity index (χ2v) is 8.25. The predicted octanol–water partition coefficient (Wildman–Crippen LogP) is 3.22. The third-order valence-corrected chi connectivity index (χ3v) is 6.07. The third-order valence-electron chi connectivity index (χ3n) is 6.07. The summed E-state index contributed by atoms with van der Waals surface area (Å²) in [5.41, 5.74) is 1.82. The Balaban J connectivity index is 1.21. The molecule has 158 valence electrons. The lowest BCUT2D eigenvalue weighted by Gasteiger charge is -2.32. The van der Waals surface area contributed by atoms with Gasteiger partial charge in [-0.3, -0.25) is 9.59 Å². The standard InChI is InChI=1S/C24H29N3O3/c28-23(27-13-10-19(11-14-27)15-18-5-2-1-3-6-18)17-26-24(29)20-9-12-25-22(16-20)30-21-7-4-8-21/h1-3,5-6,9,12,16,19,21H,4,7-8,10-11,13-15,17H2,(H,26,29). The molecule has 1 N–H and O–H groups in total. The van der Waals surface area contributed by atoms with Crippen molar-refractivity contribution in [2.24, 2.45) is 5.92 Å². The van der Waals surface area contributed by atoms with Crippen LogP contribution < -0.4 is 10.1 Å². The number of ether oxygens (including phenoxy) is 1. The fourth-order valence-electron chi connectivity index (χ4n) is 3.98. The molecule has 0 unspecified atom stereocenters. The lowest BCUT2D eigenvalue weighted by Crippen LogP contribution is -2.44. The Kier molecular flexibility index (Phi) is 6.62. The smallest absolute Gasteiger partial charge is 0.251 e. The average molecular weight is 408 g/mol. The van der Waals surface area contributed by atoms with Crippen LogP contribution in [0, 0.1) is 5.92 Å². The van der Waals surface area contributed by atoms with Gasteiger partial charge in [0.1, 0.15) is 6.10 Å². The first kappa shape index (κ1) is 20.4. The van der Waals surface area contributed by atoms with E-state index in [1.165, 1.54) is 12.0 Å². The zero-order valence-electron chi connectivity index (χ0n) is 17.3. The van der Waals surface area contributed by atoms with Crippen LogP contribution in [0.1, 0.15) is 48.0 Å². The monoisotopic (exact) mass is 407 g/mol. The Morgan fingerprint density at radius 3 is 2.53 bits per heavy atom. The topological polar surface area (TPSA) is 71.5 Å². The number of amides is 2. The van der Waals surface area contributed by atoms with Crippen molar-refractivity contribution >= 4 is 11.8 Å². The molecule has 0 spiro atoms. The fourth-order valence-corrected chi connectivity index (χ4v) is 3.98. The normalized spacial score (nSPS) is 17.3. The number of nitrogens with one attached hydrogen (secondary N) is 1. The summed E-state index contributed by atoms with van der Waals surface area (Å²) in [5.74, 6) is 0.779. The first-order chi connectivity index (χ1) is 14.7. The van der Waals surface area contributed by atoms with Crippen LogP contribution in [0.4, 0.5) is 0 Å². The van der Waals surface area contributed by atoms with E-state index >= 15 is 0 Å². The summed E-state index contributed by atoms with van der Waals surface area (Å²) >= 11 is 0. The van der Waals surface area contributed by atoms with Gasteiger partial charge in [0.15, 0.2) is 0 Å². The van der Waals surface area contributed by atoms with Gasteiger partial charge in [0.25, 0.3) is 5.91 Å². The summed E-state index contributed by atoms with van der Waals surface area (Å²) in [5, 5.41) is 2.74. The molecule has 6 nitrogen and oxygen atoms in total. The molecule has 0 atom stereocenters. The van der Waals surface area contributed by atoms with Gasteiger partial charge in [-0.2, -0.15) is 0 Å². The first-order valence-electron chi connectivity index (χ1n) is 10.9. The van der Waals surface area contributed by atoms with E-state index in [9.17, 15) is 9.59 Å². The molecular weight excluding hydrogens is 378 g/mol. The summed E-state index contributed by atoms with van der Waals surface area (Å²) in [6, 6.07) is 13.8. The number of carbonyl (C=O) groups excluding carboxylic acids is 2. The number of hydrogen-bond donors (Lipinski definition) is 1. The maximum absolute atomic E-state index is 12.5. The van der Waals surface area contributed by atoms with Crippen LogP contribution >= 0.6 is 0 Å². The van der Waals surface area contributed by atoms with Crippen molar-refractivity contribution in [3.63, 3.8) is 0 Å². The number of hydrogen-bond acceptors (Lipinski definition) is 4. The lowest BCUT2D eigenvalue weighted by atomic mass is 9.90. The molecule has 1 aromatic heterocycles. The Morgan fingerprint density at radius 1 is 1.07 bits per heavy atom. The number of rotatable bonds is 7. The highest BCUT2D eigenvalue weighted by atomic mass is 16.5. The van der Waals surface area contributed by atoms with Gasteiger partial charge >= 0.3 is 0 Å². The molecule has 30 heavy (non-hydrogen) atoms. The van der Waals surface area contributed by atoms with Gasteiger partial charge in [-0.15, -0.1) is 0 Å². The van der Waals surface area contributed by atoms with Crippen molar-refractivity contribution in [3.8, 4) is 5.88 Å². The van der Waals surface area contributed by atoms with Gasteiger partial charge in [0.05, 0.1) is 6.54 Å². The van der Waals surface area contributed by atoms with E-state index in [0.717, 1.165) is 45.2 Å². The predicted molar refractivity (Wildman–Crippen MR) is 114 cm³/mol. The molecule has 1 aliphatic heterocycles. The molecule has 2 amide bonds. The van der Waals surface area contributed by atoms with Crippen molar-refractivity contribution in [2.75, 3.05) is 19.6 Å². The Bertz CT molecular complexity index is 859. The van der Waals surface area contributed by atoms with E-state index < -0.39 is 0 Å². The second kappa shape index (κ2) is 9.74. The molecule has 4 rings (SSSR count). The molecule has 2 heterocycles. The number of likely N-dealkylation sites (tertiary alicyclic amines) is 1. The number of piperidine rings is 1. The van der Waals surface area contributed by atoms with E-state index in [1.807, 2.05) is 11.0 Å². The third kappa shape index (κ3) is 5.38. The minimum atomic E-state index is -0.275. The second-order valence-electron chi connectivity index (χ2n) is 8.25. The van der Waals surface area contributed by atoms with Crippen LogP contribution in [0.25, 0.3) is 0 Å². The zero-order chi connectivity index (χ0) is 20.8. The Hall–Kier alpha value is -2.89. The number of pyridine rings is 1. The Labute approximate surface area is 177 Å². The van der Waals surface area contributed by atoms with E-state index in [-0.39, 0.29) is 24.5 Å². The fraction of sp³-hybridized carbons (Fsp3) is 0.458. The number of carbonyl (C=O) groups is 2. The number of nitrogens with zero attached hydrogens (tertiary/aromatic N) is 2. The quantitative estimate of drug-likeness (QED) is 0.765. The minimum Gasteiger partial charge on any atom is -0.474 e. The molecule has 2 fully saturated rings. The minimum absolute atomic E-state index is 0.0172. The number of benzene rings is 1. The zero-order valence-corrected chi connectivity index (χ0v) is 17.3. The Morgan fingerprint density at radius 2 is 1.83 bits per heavy atom. The van der Waals surface area contributed by atoms with Crippen molar-refractivity contribution in [2.45, 2.75) is 44.6 Å². The van der Waals surface area contributed by atoms with E-state index in [4.69, 9.17) is 4.74 Å². The van der Waals surface area contributed by atoms with Crippen molar-refractivity contribution in [1.29, 1.82) is 0 Å². The molecule has 0 radical (unpaired) electrons. The van der Waals surface area contributed by atoms with Crippen LogP contribution in [-0.2, 0) is 11.2 Å². The highest BCUT2D eigenvalue weighted by molar-refractivity contribution is 5.96. The molecule has 6 heteroatoms. The molecule has 0 bridgehead atoms. The van der Waals surface area contributed by atoms with Crippen LogP contribution in [0.3, 0.4) is 0 Å². The molecule has 2 aliphatic rings. The van der Waals surface area contributed by atoms with Gasteiger partial charge in [0, 0.05) is 30.9 Å². The first-order valence-corrected chi connectivity index (χ1v) is 10.9. The van der Waals surface area contributed by atoms with E-state index in [0.29, 0.717) is 17.4 Å².